The molecule has 0 bridgehead atoms. The topological polar surface area (TPSA) is 61.8 Å². The molecule has 74 valence electrons. The summed E-state index contributed by atoms with van der Waals surface area (Å²) in [7, 11) is 0. The number of nitrogens with zero attached hydrogens (tertiary/aromatic N) is 1. The minimum atomic E-state index is 0.366. The molecule has 0 aliphatic rings. The summed E-state index contributed by atoms with van der Waals surface area (Å²) in [5, 5.41) is 12.1. The predicted molar refractivity (Wildman–Crippen MR) is 58.9 cm³/mol. The molecular formula is C11H15N3. The van der Waals surface area contributed by atoms with E-state index in [-0.39, 0.29) is 0 Å². The van der Waals surface area contributed by atoms with Crippen molar-refractivity contribution in [2.75, 3.05) is 11.1 Å². The Morgan fingerprint density at radius 3 is 2.86 bits per heavy atom. The first-order valence-electron chi connectivity index (χ1n) is 4.73. The van der Waals surface area contributed by atoms with Crippen LogP contribution in [-0.4, -0.2) is 6.04 Å². The lowest BCUT2D eigenvalue weighted by Gasteiger charge is -2.14. The first kappa shape index (κ1) is 10.4. The SMILES string of the molecule is CCC(C)Nc1ccc(N)cc1C#N. The summed E-state index contributed by atoms with van der Waals surface area (Å²) in [6.45, 7) is 4.18. The Morgan fingerprint density at radius 1 is 1.57 bits per heavy atom. The molecule has 0 saturated heterocycles. The van der Waals surface area contributed by atoms with E-state index in [1.165, 1.54) is 0 Å². The largest absolute Gasteiger partial charge is 0.399 e. The van der Waals surface area contributed by atoms with E-state index in [1.807, 2.05) is 6.07 Å². The van der Waals surface area contributed by atoms with Crippen LogP contribution in [0.15, 0.2) is 18.2 Å². The second-order valence-electron chi connectivity index (χ2n) is 3.37. The van der Waals surface area contributed by atoms with Crippen LogP contribution in [0.5, 0.6) is 0 Å². The van der Waals surface area contributed by atoms with E-state index in [9.17, 15) is 0 Å². The van der Waals surface area contributed by atoms with Crippen LogP contribution in [0, 0.1) is 11.3 Å². The quantitative estimate of drug-likeness (QED) is 0.717. The molecule has 1 rings (SSSR count). The minimum Gasteiger partial charge on any atom is -0.399 e. The van der Waals surface area contributed by atoms with Crippen molar-refractivity contribution in [3.05, 3.63) is 23.8 Å². The number of nitrogen functional groups attached to an aromatic ring is 1. The molecule has 3 heteroatoms. The van der Waals surface area contributed by atoms with E-state index in [0.717, 1.165) is 12.1 Å². The first-order valence-corrected chi connectivity index (χ1v) is 4.73. The fourth-order valence-corrected chi connectivity index (χ4v) is 1.15. The lowest BCUT2D eigenvalue weighted by atomic mass is 10.1. The zero-order valence-electron chi connectivity index (χ0n) is 8.54. The van der Waals surface area contributed by atoms with Gasteiger partial charge in [0.25, 0.3) is 0 Å². The molecule has 0 heterocycles. The highest BCUT2D eigenvalue weighted by Gasteiger charge is 2.04. The Kier molecular flexibility index (Phi) is 3.35. The molecule has 1 aromatic rings. The maximum Gasteiger partial charge on any atom is 0.101 e. The van der Waals surface area contributed by atoms with Crippen molar-refractivity contribution in [3.63, 3.8) is 0 Å². The summed E-state index contributed by atoms with van der Waals surface area (Å²) < 4.78 is 0. The molecule has 0 amide bonds. The number of rotatable bonds is 3. The third-order valence-electron chi connectivity index (χ3n) is 2.18. The Hall–Kier alpha value is -1.69. The number of nitriles is 1. The zero-order chi connectivity index (χ0) is 10.6. The lowest BCUT2D eigenvalue weighted by Crippen LogP contribution is -2.14. The van der Waals surface area contributed by atoms with Gasteiger partial charge in [-0.15, -0.1) is 0 Å². The normalized spacial score (nSPS) is 11.8. The van der Waals surface area contributed by atoms with Gasteiger partial charge >= 0.3 is 0 Å². The molecule has 3 nitrogen and oxygen atoms in total. The van der Waals surface area contributed by atoms with Crippen LogP contribution >= 0.6 is 0 Å². The highest BCUT2D eigenvalue weighted by atomic mass is 14.9. The molecule has 0 saturated carbocycles. The molecule has 0 aliphatic carbocycles. The Labute approximate surface area is 84.5 Å². The van der Waals surface area contributed by atoms with Crippen LogP contribution in [0.4, 0.5) is 11.4 Å². The predicted octanol–water partition coefficient (Wildman–Crippen LogP) is 2.35. The molecule has 1 unspecified atom stereocenters. The van der Waals surface area contributed by atoms with Crippen molar-refractivity contribution in [2.45, 2.75) is 26.3 Å². The van der Waals surface area contributed by atoms with E-state index >= 15 is 0 Å². The number of hydrogen-bond acceptors (Lipinski definition) is 3. The van der Waals surface area contributed by atoms with Crippen molar-refractivity contribution in [1.29, 1.82) is 5.26 Å². The zero-order valence-corrected chi connectivity index (χ0v) is 8.54. The number of hydrogen-bond donors (Lipinski definition) is 2. The smallest absolute Gasteiger partial charge is 0.101 e. The highest BCUT2D eigenvalue weighted by molar-refractivity contribution is 5.63. The number of anilines is 2. The highest BCUT2D eigenvalue weighted by Crippen LogP contribution is 2.19. The fourth-order valence-electron chi connectivity index (χ4n) is 1.15. The minimum absolute atomic E-state index is 0.366. The Balaban J connectivity index is 2.92. The second-order valence-corrected chi connectivity index (χ2v) is 3.37. The molecule has 3 N–H and O–H groups in total. The average Bonchev–Trinajstić information content (AvgIpc) is 2.20. The van der Waals surface area contributed by atoms with Crippen molar-refractivity contribution in [3.8, 4) is 6.07 Å². The van der Waals surface area contributed by atoms with E-state index in [0.29, 0.717) is 17.3 Å². The van der Waals surface area contributed by atoms with Crippen LogP contribution in [0.2, 0.25) is 0 Å². The number of nitrogens with two attached hydrogens (primary N) is 1. The third-order valence-corrected chi connectivity index (χ3v) is 2.18. The molecular weight excluding hydrogens is 174 g/mol. The molecule has 14 heavy (non-hydrogen) atoms. The van der Waals surface area contributed by atoms with Crippen molar-refractivity contribution < 1.29 is 0 Å². The standard InChI is InChI=1S/C11H15N3/c1-3-8(2)14-11-5-4-10(13)6-9(11)7-12/h4-6,8,14H,3,13H2,1-2H3. The molecule has 0 spiro atoms. The molecule has 0 aromatic heterocycles. The van der Waals surface area contributed by atoms with Crippen LogP contribution < -0.4 is 11.1 Å². The molecule has 0 radical (unpaired) electrons. The molecule has 1 atom stereocenters. The number of benzene rings is 1. The monoisotopic (exact) mass is 189 g/mol. The van der Waals surface area contributed by atoms with E-state index in [2.05, 4.69) is 25.2 Å². The van der Waals surface area contributed by atoms with Gasteiger partial charge in [-0.05, 0) is 31.5 Å². The van der Waals surface area contributed by atoms with E-state index < -0.39 is 0 Å². The van der Waals surface area contributed by atoms with Crippen LogP contribution in [0.3, 0.4) is 0 Å². The van der Waals surface area contributed by atoms with Gasteiger partial charge in [0, 0.05) is 11.7 Å². The molecule has 1 aromatic carbocycles. The first-order chi connectivity index (χ1) is 6.67. The third kappa shape index (κ3) is 2.40. The summed E-state index contributed by atoms with van der Waals surface area (Å²) in [6, 6.07) is 7.82. The van der Waals surface area contributed by atoms with Gasteiger partial charge in [-0.25, -0.2) is 0 Å². The van der Waals surface area contributed by atoms with Crippen LogP contribution in [0.25, 0.3) is 0 Å². The van der Waals surface area contributed by atoms with Crippen LogP contribution in [-0.2, 0) is 0 Å². The van der Waals surface area contributed by atoms with Gasteiger partial charge in [-0.2, -0.15) is 5.26 Å². The van der Waals surface area contributed by atoms with Crippen molar-refractivity contribution in [2.24, 2.45) is 0 Å². The fraction of sp³-hybridized carbons (Fsp3) is 0.364. The van der Waals surface area contributed by atoms with Gasteiger partial charge in [-0.3, -0.25) is 0 Å². The average molecular weight is 189 g/mol. The lowest BCUT2D eigenvalue weighted by molar-refractivity contribution is 0.764. The van der Waals surface area contributed by atoms with Gasteiger partial charge in [0.15, 0.2) is 0 Å². The Morgan fingerprint density at radius 2 is 2.29 bits per heavy atom. The van der Waals surface area contributed by atoms with Gasteiger partial charge in [-0.1, -0.05) is 6.92 Å². The second kappa shape index (κ2) is 4.52. The van der Waals surface area contributed by atoms with E-state index in [4.69, 9.17) is 11.0 Å². The summed E-state index contributed by atoms with van der Waals surface area (Å²) in [4.78, 5) is 0. The Bertz CT molecular complexity index is 352. The molecule has 0 fully saturated rings. The summed E-state index contributed by atoms with van der Waals surface area (Å²) in [5.74, 6) is 0. The van der Waals surface area contributed by atoms with Crippen LogP contribution in [0.1, 0.15) is 25.8 Å². The van der Waals surface area contributed by atoms with Crippen molar-refractivity contribution in [1.82, 2.24) is 0 Å². The van der Waals surface area contributed by atoms with Gasteiger partial charge in [0.1, 0.15) is 6.07 Å². The summed E-state index contributed by atoms with van der Waals surface area (Å²) in [6.07, 6.45) is 1.02. The van der Waals surface area contributed by atoms with Gasteiger partial charge in [0.2, 0.25) is 0 Å². The van der Waals surface area contributed by atoms with Gasteiger partial charge < -0.3 is 11.1 Å². The van der Waals surface area contributed by atoms with Crippen molar-refractivity contribution >= 4 is 11.4 Å². The summed E-state index contributed by atoms with van der Waals surface area (Å²) in [5.41, 5.74) is 7.67. The van der Waals surface area contributed by atoms with Gasteiger partial charge in [0.05, 0.1) is 11.3 Å². The maximum absolute atomic E-state index is 8.88. The number of nitrogens with one attached hydrogen (secondary N) is 1. The molecule has 0 aliphatic heterocycles. The summed E-state index contributed by atoms with van der Waals surface area (Å²) >= 11 is 0. The maximum atomic E-state index is 8.88. The van der Waals surface area contributed by atoms with E-state index in [1.54, 1.807) is 12.1 Å².